The molecular weight excluding hydrogens is 228 g/mol. The van der Waals surface area contributed by atoms with E-state index in [1.165, 1.54) is 32.1 Å². The lowest BCUT2D eigenvalue weighted by molar-refractivity contribution is -0.138. The van der Waals surface area contributed by atoms with E-state index in [1.54, 1.807) is 7.11 Å². The first-order valence-electron chi connectivity index (χ1n) is 7.46. The summed E-state index contributed by atoms with van der Waals surface area (Å²) in [7, 11) is 1.59. The Labute approximate surface area is 111 Å². The van der Waals surface area contributed by atoms with Gasteiger partial charge in [-0.15, -0.1) is 0 Å². The Kier molecular flexibility index (Phi) is 5.05. The number of aliphatic hydroxyl groups is 1. The molecule has 0 aromatic carbocycles. The van der Waals surface area contributed by atoms with E-state index in [0.29, 0.717) is 17.9 Å². The molecule has 1 N–H and O–H groups in total. The lowest BCUT2D eigenvalue weighted by Crippen LogP contribution is -2.39. The lowest BCUT2D eigenvalue weighted by atomic mass is 9.66. The highest BCUT2D eigenvalue weighted by Crippen LogP contribution is 2.43. The largest absolute Gasteiger partial charge is 0.378 e. The van der Waals surface area contributed by atoms with Crippen molar-refractivity contribution in [3.8, 4) is 0 Å². The third-order valence-electron chi connectivity index (χ3n) is 5.15. The summed E-state index contributed by atoms with van der Waals surface area (Å²) < 4.78 is 11.1. The SMILES string of the molecule is COC(O)[C@H](C)C1CCCC2CCC(C)OCC21. The van der Waals surface area contributed by atoms with Crippen LogP contribution in [0.25, 0.3) is 0 Å². The molecule has 1 heterocycles. The van der Waals surface area contributed by atoms with Gasteiger partial charge in [-0.05, 0) is 43.9 Å². The normalized spacial score (nSPS) is 40.7. The van der Waals surface area contributed by atoms with Crippen LogP contribution in [0.2, 0.25) is 0 Å². The number of ether oxygens (including phenoxy) is 2. The molecule has 1 aliphatic carbocycles. The second-order valence-corrected chi connectivity index (χ2v) is 6.23. The highest BCUT2D eigenvalue weighted by Gasteiger charge is 2.39. The van der Waals surface area contributed by atoms with E-state index in [1.807, 2.05) is 0 Å². The minimum absolute atomic E-state index is 0.208. The van der Waals surface area contributed by atoms with Crippen LogP contribution in [0.4, 0.5) is 0 Å². The Morgan fingerprint density at radius 3 is 2.72 bits per heavy atom. The molecule has 2 aliphatic rings. The molecule has 2 rings (SSSR count). The van der Waals surface area contributed by atoms with Gasteiger partial charge in [0.05, 0.1) is 12.7 Å². The second kappa shape index (κ2) is 6.36. The van der Waals surface area contributed by atoms with Crippen molar-refractivity contribution in [2.75, 3.05) is 13.7 Å². The van der Waals surface area contributed by atoms with Crippen molar-refractivity contribution in [3.63, 3.8) is 0 Å². The van der Waals surface area contributed by atoms with E-state index >= 15 is 0 Å². The first-order chi connectivity index (χ1) is 8.63. The van der Waals surface area contributed by atoms with E-state index < -0.39 is 6.29 Å². The third kappa shape index (κ3) is 3.06. The van der Waals surface area contributed by atoms with Crippen LogP contribution < -0.4 is 0 Å². The quantitative estimate of drug-likeness (QED) is 0.789. The maximum atomic E-state index is 9.93. The van der Waals surface area contributed by atoms with Gasteiger partial charge in [0.1, 0.15) is 0 Å². The Morgan fingerprint density at radius 1 is 1.22 bits per heavy atom. The van der Waals surface area contributed by atoms with Gasteiger partial charge >= 0.3 is 0 Å². The monoisotopic (exact) mass is 256 g/mol. The van der Waals surface area contributed by atoms with Crippen molar-refractivity contribution in [1.29, 1.82) is 0 Å². The molecule has 2 fully saturated rings. The van der Waals surface area contributed by atoms with Crippen LogP contribution in [-0.2, 0) is 9.47 Å². The summed E-state index contributed by atoms with van der Waals surface area (Å²) in [6, 6.07) is 0. The van der Waals surface area contributed by atoms with Crippen LogP contribution in [-0.4, -0.2) is 31.2 Å². The molecule has 0 spiro atoms. The molecule has 18 heavy (non-hydrogen) atoms. The molecule has 1 aliphatic heterocycles. The zero-order valence-corrected chi connectivity index (χ0v) is 12.0. The fraction of sp³-hybridized carbons (Fsp3) is 1.00. The van der Waals surface area contributed by atoms with Crippen molar-refractivity contribution in [2.24, 2.45) is 23.7 Å². The summed E-state index contributed by atoms with van der Waals surface area (Å²) >= 11 is 0. The van der Waals surface area contributed by atoms with Gasteiger partial charge in [-0.1, -0.05) is 19.8 Å². The molecule has 6 atom stereocenters. The van der Waals surface area contributed by atoms with Gasteiger partial charge < -0.3 is 14.6 Å². The summed E-state index contributed by atoms with van der Waals surface area (Å²) in [6.45, 7) is 5.17. The molecule has 0 aromatic rings. The molecule has 1 saturated heterocycles. The Bertz CT molecular complexity index is 254. The van der Waals surface area contributed by atoms with Crippen LogP contribution in [0, 0.1) is 23.7 Å². The van der Waals surface area contributed by atoms with Crippen molar-refractivity contribution < 1.29 is 14.6 Å². The van der Waals surface area contributed by atoms with E-state index in [9.17, 15) is 5.11 Å². The standard InChI is InChI=1S/C15H28O3/c1-10-7-8-12-5-4-6-13(14(12)9-18-10)11(2)15(16)17-3/h10-16H,4-9H2,1-3H3/t10?,11-,12?,13?,14?,15?/m1/s1. The van der Waals surface area contributed by atoms with Gasteiger partial charge in [0.15, 0.2) is 6.29 Å². The topological polar surface area (TPSA) is 38.7 Å². The predicted octanol–water partition coefficient (Wildman–Crippen LogP) is 2.82. The van der Waals surface area contributed by atoms with Crippen LogP contribution in [0.15, 0.2) is 0 Å². The van der Waals surface area contributed by atoms with Crippen molar-refractivity contribution in [3.05, 3.63) is 0 Å². The maximum Gasteiger partial charge on any atom is 0.156 e. The first kappa shape index (κ1) is 14.3. The summed E-state index contributed by atoms with van der Waals surface area (Å²) in [5, 5.41) is 9.93. The molecule has 0 amide bonds. The number of aliphatic hydroxyl groups excluding tert-OH is 1. The van der Waals surface area contributed by atoms with Crippen molar-refractivity contribution >= 4 is 0 Å². The number of fused-ring (bicyclic) bond motifs is 1. The molecule has 0 aromatic heterocycles. The summed E-state index contributed by atoms with van der Waals surface area (Å²) in [6.07, 6.45) is 6.09. The second-order valence-electron chi connectivity index (χ2n) is 6.23. The predicted molar refractivity (Wildman–Crippen MR) is 71.1 cm³/mol. The molecular formula is C15H28O3. The van der Waals surface area contributed by atoms with Crippen LogP contribution >= 0.6 is 0 Å². The summed E-state index contributed by atoms with van der Waals surface area (Å²) in [4.78, 5) is 0. The van der Waals surface area contributed by atoms with Crippen LogP contribution in [0.5, 0.6) is 0 Å². The average Bonchev–Trinajstić information content (AvgIpc) is 2.59. The van der Waals surface area contributed by atoms with Gasteiger partial charge in [-0.3, -0.25) is 0 Å². The van der Waals surface area contributed by atoms with Gasteiger partial charge in [-0.2, -0.15) is 0 Å². The van der Waals surface area contributed by atoms with Crippen LogP contribution in [0.1, 0.15) is 46.0 Å². The van der Waals surface area contributed by atoms with Gasteiger partial charge in [-0.25, -0.2) is 0 Å². The van der Waals surface area contributed by atoms with Gasteiger partial charge in [0, 0.05) is 13.0 Å². The Balaban J connectivity index is 2.05. The molecule has 0 radical (unpaired) electrons. The molecule has 106 valence electrons. The molecule has 3 heteroatoms. The fourth-order valence-corrected chi connectivity index (χ4v) is 3.90. The van der Waals surface area contributed by atoms with Gasteiger partial charge in [0.2, 0.25) is 0 Å². The molecule has 0 bridgehead atoms. The zero-order valence-electron chi connectivity index (χ0n) is 12.0. The highest BCUT2D eigenvalue weighted by atomic mass is 16.6. The molecule has 3 nitrogen and oxygen atoms in total. The van der Waals surface area contributed by atoms with Crippen molar-refractivity contribution in [2.45, 2.75) is 58.3 Å². The maximum absolute atomic E-state index is 9.93. The highest BCUT2D eigenvalue weighted by molar-refractivity contribution is 4.87. The minimum Gasteiger partial charge on any atom is -0.378 e. The number of rotatable bonds is 3. The number of hydrogen-bond donors (Lipinski definition) is 1. The molecule has 5 unspecified atom stereocenters. The summed E-state index contributed by atoms with van der Waals surface area (Å²) in [5.74, 6) is 2.16. The van der Waals surface area contributed by atoms with E-state index in [2.05, 4.69) is 13.8 Å². The minimum atomic E-state index is -0.630. The number of methoxy groups -OCH3 is 1. The average molecular weight is 256 g/mol. The first-order valence-corrected chi connectivity index (χ1v) is 7.46. The Hall–Kier alpha value is -0.120. The van der Waals surface area contributed by atoms with E-state index in [-0.39, 0.29) is 5.92 Å². The summed E-state index contributed by atoms with van der Waals surface area (Å²) in [5.41, 5.74) is 0. The molecule has 1 saturated carbocycles. The van der Waals surface area contributed by atoms with Crippen LogP contribution in [0.3, 0.4) is 0 Å². The van der Waals surface area contributed by atoms with E-state index in [0.717, 1.165) is 12.5 Å². The third-order valence-corrected chi connectivity index (χ3v) is 5.15. The number of hydrogen-bond acceptors (Lipinski definition) is 3. The fourth-order valence-electron chi connectivity index (χ4n) is 3.90. The zero-order chi connectivity index (χ0) is 13.1. The van der Waals surface area contributed by atoms with E-state index in [4.69, 9.17) is 9.47 Å². The van der Waals surface area contributed by atoms with Crippen molar-refractivity contribution in [1.82, 2.24) is 0 Å². The smallest absolute Gasteiger partial charge is 0.156 e. The lowest BCUT2D eigenvalue weighted by Gasteiger charge is -2.41. The van der Waals surface area contributed by atoms with Gasteiger partial charge in [0.25, 0.3) is 0 Å². The Morgan fingerprint density at radius 2 is 2.00 bits per heavy atom.